The maximum absolute atomic E-state index is 4.26. The molecule has 0 amide bonds. The molecule has 0 aliphatic carbocycles. The summed E-state index contributed by atoms with van der Waals surface area (Å²) in [6.45, 7) is 6.25. The summed E-state index contributed by atoms with van der Waals surface area (Å²) < 4.78 is 3.19. The predicted molar refractivity (Wildman–Crippen MR) is 38.7 cm³/mol. The maximum atomic E-state index is 4.26. The monoisotopic (exact) mass is 160 g/mol. The van der Waals surface area contributed by atoms with Gasteiger partial charge in [0.05, 0.1) is 23.7 Å². The number of rotatable bonds is 0. The molecule has 1 unspecified atom stereocenters. The summed E-state index contributed by atoms with van der Waals surface area (Å²) >= 11 is 8.53. The lowest BCUT2D eigenvalue weighted by atomic mass is 11.0. The van der Waals surface area contributed by atoms with Crippen LogP contribution in [-0.4, -0.2) is 0 Å². The molecule has 0 rings (SSSR count). The van der Waals surface area contributed by atoms with E-state index in [0.717, 1.165) is 0 Å². The molecule has 0 spiro atoms. The minimum Gasteiger partial charge on any atom is -0.166 e. The van der Waals surface area contributed by atoms with Crippen molar-refractivity contribution in [3.8, 4) is 0 Å². The summed E-state index contributed by atoms with van der Waals surface area (Å²) in [4.78, 5) is 0. The molecule has 0 heterocycles. The van der Waals surface area contributed by atoms with E-state index < -0.39 is 0 Å². The molecule has 1 nitrogen and oxygen atoms in total. The van der Waals surface area contributed by atoms with Gasteiger partial charge in [0, 0.05) is 0 Å². The van der Waals surface area contributed by atoms with Crippen LogP contribution in [0.5, 0.6) is 0 Å². The van der Waals surface area contributed by atoms with Crippen molar-refractivity contribution in [3.05, 3.63) is 18.9 Å². The predicted octanol–water partition coefficient (Wildman–Crippen LogP) is 2.33. The van der Waals surface area contributed by atoms with Gasteiger partial charge in [-0.25, -0.2) is 0 Å². The van der Waals surface area contributed by atoms with E-state index in [0.29, 0.717) is 0 Å². The first-order valence-electron chi connectivity index (χ1n) is 1.02. The summed E-state index contributed by atoms with van der Waals surface area (Å²) in [7, 11) is 0. The van der Waals surface area contributed by atoms with Crippen molar-refractivity contribution in [2.45, 2.75) is 0 Å². The first-order valence-corrected chi connectivity index (χ1v) is 1.63. The fraction of sp³-hybridized carbons (Fsp3) is 0. The van der Waals surface area contributed by atoms with Gasteiger partial charge in [-0.05, 0) is 0 Å². The van der Waals surface area contributed by atoms with E-state index in [4.69, 9.17) is 0 Å². The van der Waals surface area contributed by atoms with Gasteiger partial charge in [-0.1, -0.05) is 13.2 Å². The van der Waals surface area contributed by atoms with Gasteiger partial charge in [0.2, 0.25) is 0 Å². The molecule has 0 radical (unpaired) electrons. The van der Waals surface area contributed by atoms with Gasteiger partial charge in [-0.2, -0.15) is 13.7 Å². The van der Waals surface area contributed by atoms with Crippen molar-refractivity contribution >= 4 is 33.6 Å². The molecule has 44 valence electrons. The molecular formula is C3H7Cl2OP. The fourth-order valence-corrected chi connectivity index (χ4v) is 0. The van der Waals surface area contributed by atoms with Gasteiger partial charge in [0.15, 0.2) is 0 Å². The Morgan fingerprint density at radius 2 is 1.29 bits per heavy atom. The van der Waals surface area contributed by atoms with Crippen molar-refractivity contribution < 1.29 is 3.84 Å². The lowest BCUT2D eigenvalue weighted by molar-refractivity contribution is 0.697. The summed E-state index contributed by atoms with van der Waals surface area (Å²) in [5.41, 5.74) is 2.25. The normalized spacial score (nSPS) is 3.71. The molecule has 1 atom stereocenters. The first-order chi connectivity index (χ1) is 2.83. The number of hydrogen-bond donors (Lipinski definition) is 0. The van der Waals surface area contributed by atoms with E-state index in [1.807, 2.05) is 0 Å². The molecule has 0 bridgehead atoms. The zero-order chi connectivity index (χ0) is 5.41. The van der Waals surface area contributed by atoms with Crippen molar-refractivity contribution in [2.75, 3.05) is 0 Å². The van der Waals surface area contributed by atoms with Crippen molar-refractivity contribution in [1.82, 2.24) is 0 Å². The first kappa shape index (κ1) is 15.6. The summed E-state index contributed by atoms with van der Waals surface area (Å²) in [5.74, 6) is 0. The van der Waals surface area contributed by atoms with Gasteiger partial charge < -0.3 is 0 Å². The highest BCUT2D eigenvalue weighted by Crippen LogP contribution is 1.78. The van der Waals surface area contributed by atoms with Gasteiger partial charge in [0.1, 0.15) is 0 Å². The highest BCUT2D eigenvalue weighted by Gasteiger charge is 1.38. The van der Waals surface area contributed by atoms with Crippen LogP contribution in [0.3, 0.4) is 0 Å². The second-order valence-corrected chi connectivity index (χ2v) is 0.775. The van der Waals surface area contributed by atoms with Crippen molar-refractivity contribution in [1.29, 1.82) is 0 Å². The molecule has 7 heavy (non-hydrogen) atoms. The largest absolute Gasteiger partial charge is 0.166 e. The van der Waals surface area contributed by atoms with E-state index in [1.165, 1.54) is 0 Å². The van der Waals surface area contributed by atoms with Crippen LogP contribution in [-0.2, 0) is 3.84 Å². The average Bonchev–Trinajstić information content (AvgIpc) is 1.39. The molecule has 0 aromatic heterocycles. The minimum atomic E-state index is 0. The molecule has 0 aliphatic heterocycles. The van der Waals surface area contributed by atoms with Crippen LogP contribution in [0, 0.1) is 0 Å². The van der Waals surface area contributed by atoms with Crippen molar-refractivity contribution in [3.63, 3.8) is 0 Å². The molecule has 0 aliphatic rings. The van der Waals surface area contributed by atoms with Gasteiger partial charge in [-0.3, -0.25) is 0 Å². The van der Waals surface area contributed by atoms with E-state index in [-0.39, 0.29) is 9.90 Å². The number of hydrogen-bond acceptors (Lipinski definition) is 1. The van der Waals surface area contributed by atoms with Crippen molar-refractivity contribution in [2.24, 2.45) is 0 Å². The highest BCUT2D eigenvalue weighted by atomic mass is 35.6. The fourth-order valence-electron chi connectivity index (χ4n) is 0. The SMILES string of the molecule is C=C=C.ClOCl.P. The summed E-state index contributed by atoms with van der Waals surface area (Å²) in [6.07, 6.45) is 0. The highest BCUT2D eigenvalue weighted by molar-refractivity contribution is 6.92. The Morgan fingerprint density at radius 1 is 1.29 bits per heavy atom. The van der Waals surface area contributed by atoms with E-state index >= 15 is 0 Å². The Hall–Kier alpha value is 0.490. The van der Waals surface area contributed by atoms with E-state index in [9.17, 15) is 0 Å². The molecule has 0 fully saturated rings. The quantitative estimate of drug-likeness (QED) is 0.391. The molecule has 0 saturated carbocycles. The summed E-state index contributed by atoms with van der Waals surface area (Å²) in [6, 6.07) is 0. The van der Waals surface area contributed by atoms with Crippen LogP contribution in [0.1, 0.15) is 0 Å². The average molecular weight is 161 g/mol. The zero-order valence-electron chi connectivity index (χ0n) is 3.79. The third-order valence-corrected chi connectivity index (χ3v) is 0. The Labute approximate surface area is 56.9 Å². The maximum Gasteiger partial charge on any atom is 0.0832 e. The van der Waals surface area contributed by atoms with Gasteiger partial charge >= 0.3 is 0 Å². The second-order valence-electron chi connectivity index (χ2n) is 0.308. The van der Waals surface area contributed by atoms with Gasteiger partial charge in [-0.15, -0.1) is 5.73 Å². The van der Waals surface area contributed by atoms with Crippen LogP contribution in [0.2, 0.25) is 0 Å². The Kier molecular flexibility index (Phi) is 70.5. The third-order valence-electron chi connectivity index (χ3n) is 0. The molecule has 0 N–H and O–H groups in total. The van der Waals surface area contributed by atoms with Crippen LogP contribution < -0.4 is 0 Å². The molecule has 0 saturated heterocycles. The Balaban J connectivity index is -0.0000000400. The van der Waals surface area contributed by atoms with Crippen LogP contribution >= 0.6 is 33.6 Å². The summed E-state index contributed by atoms with van der Waals surface area (Å²) in [5, 5.41) is 0. The molecule has 0 aromatic rings. The molecule has 4 heteroatoms. The van der Waals surface area contributed by atoms with E-state index in [2.05, 4.69) is 46.5 Å². The van der Waals surface area contributed by atoms with E-state index in [1.54, 1.807) is 0 Å². The van der Waals surface area contributed by atoms with Crippen LogP contribution in [0.25, 0.3) is 0 Å². The smallest absolute Gasteiger partial charge is 0.0832 e. The van der Waals surface area contributed by atoms with Gasteiger partial charge in [0.25, 0.3) is 0 Å². The van der Waals surface area contributed by atoms with Crippen LogP contribution in [0.4, 0.5) is 0 Å². The zero-order valence-corrected chi connectivity index (χ0v) is 6.71. The lowest BCUT2D eigenvalue weighted by Crippen LogP contribution is -1.15. The Morgan fingerprint density at radius 3 is 1.29 bits per heavy atom. The standard InChI is InChI=1S/C3H4.Cl2O.H3P/c2*1-3-2;/h1-2H2;;1H3. The Bertz CT molecular complexity index is 42.2. The minimum absolute atomic E-state index is 0. The molecule has 0 aromatic carbocycles. The third kappa shape index (κ3) is 545. The second kappa shape index (κ2) is 31.5. The topological polar surface area (TPSA) is 9.23 Å². The lowest BCUT2D eigenvalue weighted by Gasteiger charge is -1.46. The van der Waals surface area contributed by atoms with Crippen LogP contribution in [0.15, 0.2) is 18.9 Å². The molecular weight excluding hydrogens is 154 g/mol. The number of halogens is 2.